The van der Waals surface area contributed by atoms with Gasteiger partial charge in [-0.3, -0.25) is 0 Å². The highest BCUT2D eigenvalue weighted by atomic mass is 16.6. The van der Waals surface area contributed by atoms with Crippen molar-refractivity contribution in [2.75, 3.05) is 20.8 Å². The maximum Gasteiger partial charge on any atom is 0.344 e. The molecule has 1 N–H and O–H groups in total. The fraction of sp³-hybridized carbons (Fsp3) is 0.333. The summed E-state index contributed by atoms with van der Waals surface area (Å²) < 4.78 is 10.3. The second-order valence-electron chi connectivity index (χ2n) is 3.41. The van der Waals surface area contributed by atoms with Gasteiger partial charge in [0, 0.05) is 5.56 Å². The second-order valence-corrected chi connectivity index (χ2v) is 3.41. The number of ether oxygens (including phenoxy) is 2. The summed E-state index contributed by atoms with van der Waals surface area (Å²) in [6.07, 6.45) is 0. The van der Waals surface area contributed by atoms with Crippen LogP contribution in [0.15, 0.2) is 23.4 Å². The Bertz CT molecular complexity index is 456. The molecule has 0 spiro atoms. The lowest BCUT2D eigenvalue weighted by Crippen LogP contribution is -2.05. The van der Waals surface area contributed by atoms with E-state index < -0.39 is 12.6 Å². The normalized spacial score (nSPS) is 10.9. The summed E-state index contributed by atoms with van der Waals surface area (Å²) in [5.74, 6) is 0.113. The number of hydrogen-bond acceptors (Lipinski definition) is 5. The molecule has 0 fully saturated rings. The van der Waals surface area contributed by atoms with Crippen molar-refractivity contribution in [3.63, 3.8) is 0 Å². The topological polar surface area (TPSA) is 77.4 Å². The molecule has 1 rings (SSSR count). The first-order chi connectivity index (χ1) is 8.58. The number of aliphatic carboxylic acids is 1. The number of benzene rings is 1. The van der Waals surface area contributed by atoms with Gasteiger partial charge < -0.3 is 19.4 Å². The zero-order chi connectivity index (χ0) is 13.5. The van der Waals surface area contributed by atoms with Crippen molar-refractivity contribution in [2.45, 2.75) is 6.92 Å². The average molecular weight is 253 g/mol. The van der Waals surface area contributed by atoms with Gasteiger partial charge in [-0.25, -0.2) is 4.79 Å². The second kappa shape index (κ2) is 6.48. The van der Waals surface area contributed by atoms with Gasteiger partial charge in [0.05, 0.1) is 19.9 Å². The van der Waals surface area contributed by atoms with Gasteiger partial charge in [0.15, 0.2) is 11.5 Å². The summed E-state index contributed by atoms with van der Waals surface area (Å²) in [7, 11) is 3.09. The monoisotopic (exact) mass is 253 g/mol. The summed E-state index contributed by atoms with van der Waals surface area (Å²) in [6.45, 7) is 1.24. The Hall–Kier alpha value is -2.24. The van der Waals surface area contributed by atoms with Gasteiger partial charge in [0.25, 0.3) is 0 Å². The minimum absolute atomic E-state index is 0.468. The molecule has 0 aromatic heterocycles. The lowest BCUT2D eigenvalue weighted by atomic mass is 10.1. The Balaban J connectivity index is 2.85. The molecule has 0 aliphatic carbocycles. The first-order valence-electron chi connectivity index (χ1n) is 5.19. The zero-order valence-corrected chi connectivity index (χ0v) is 10.5. The summed E-state index contributed by atoms with van der Waals surface area (Å²) in [6, 6.07) is 5.26. The van der Waals surface area contributed by atoms with Crippen LogP contribution >= 0.6 is 0 Å². The fourth-order valence-corrected chi connectivity index (χ4v) is 1.30. The number of nitrogens with zero attached hydrogens (tertiary/aromatic N) is 1. The highest BCUT2D eigenvalue weighted by Crippen LogP contribution is 2.27. The van der Waals surface area contributed by atoms with Gasteiger partial charge in [0.2, 0.25) is 6.61 Å². The van der Waals surface area contributed by atoms with Gasteiger partial charge in [-0.15, -0.1) is 0 Å². The van der Waals surface area contributed by atoms with Crippen LogP contribution in [0.25, 0.3) is 0 Å². The molecule has 0 aliphatic rings. The van der Waals surface area contributed by atoms with Crippen LogP contribution in [0.4, 0.5) is 0 Å². The molecule has 0 amide bonds. The summed E-state index contributed by atoms with van der Waals surface area (Å²) >= 11 is 0. The lowest BCUT2D eigenvalue weighted by Gasteiger charge is -2.09. The molecule has 0 bridgehead atoms. The van der Waals surface area contributed by atoms with Gasteiger partial charge in [-0.1, -0.05) is 5.16 Å². The third-order valence-corrected chi connectivity index (χ3v) is 2.19. The van der Waals surface area contributed by atoms with Crippen molar-refractivity contribution in [3.05, 3.63) is 23.8 Å². The number of methoxy groups -OCH3 is 2. The molecule has 0 saturated heterocycles. The molecule has 98 valence electrons. The highest BCUT2D eigenvalue weighted by Gasteiger charge is 2.07. The third-order valence-electron chi connectivity index (χ3n) is 2.19. The van der Waals surface area contributed by atoms with Crippen molar-refractivity contribution in [2.24, 2.45) is 5.16 Å². The Morgan fingerprint density at radius 3 is 2.50 bits per heavy atom. The van der Waals surface area contributed by atoms with Crippen LogP contribution in [0.2, 0.25) is 0 Å². The largest absolute Gasteiger partial charge is 0.493 e. The number of hydrogen-bond donors (Lipinski definition) is 1. The van der Waals surface area contributed by atoms with Crippen LogP contribution in [0.1, 0.15) is 12.5 Å². The first kappa shape index (κ1) is 13.8. The van der Waals surface area contributed by atoms with E-state index in [-0.39, 0.29) is 0 Å². The molecular formula is C12H15NO5. The molecule has 0 aliphatic heterocycles. The van der Waals surface area contributed by atoms with Crippen molar-refractivity contribution in [3.8, 4) is 11.5 Å². The molecule has 1 aromatic carbocycles. The van der Waals surface area contributed by atoms with Crippen molar-refractivity contribution in [1.82, 2.24) is 0 Å². The molecule has 0 heterocycles. The molecule has 0 saturated carbocycles. The SMILES string of the molecule is COc1ccc(C(C)=NOCC(=O)O)cc1OC. The quantitative estimate of drug-likeness (QED) is 0.614. The number of carbonyl (C=O) groups is 1. The predicted molar refractivity (Wildman–Crippen MR) is 65.3 cm³/mol. The zero-order valence-electron chi connectivity index (χ0n) is 10.5. The Morgan fingerprint density at radius 2 is 1.94 bits per heavy atom. The van der Waals surface area contributed by atoms with E-state index in [2.05, 4.69) is 9.99 Å². The number of rotatable bonds is 6. The number of oxime groups is 1. The molecule has 6 nitrogen and oxygen atoms in total. The van der Waals surface area contributed by atoms with E-state index in [1.807, 2.05) is 0 Å². The van der Waals surface area contributed by atoms with Crippen molar-refractivity contribution < 1.29 is 24.2 Å². The van der Waals surface area contributed by atoms with Gasteiger partial charge in [0.1, 0.15) is 0 Å². The van der Waals surface area contributed by atoms with Crippen LogP contribution in [-0.2, 0) is 9.63 Å². The van der Waals surface area contributed by atoms with E-state index in [1.54, 1.807) is 32.2 Å². The van der Waals surface area contributed by atoms with E-state index in [9.17, 15) is 4.79 Å². The molecule has 0 atom stereocenters. The van der Waals surface area contributed by atoms with Crippen molar-refractivity contribution in [1.29, 1.82) is 0 Å². The maximum atomic E-state index is 10.3. The minimum Gasteiger partial charge on any atom is -0.493 e. The van der Waals surface area contributed by atoms with E-state index in [1.165, 1.54) is 7.11 Å². The summed E-state index contributed by atoms with van der Waals surface area (Å²) in [5, 5.41) is 12.1. The van der Waals surface area contributed by atoms with Crippen LogP contribution < -0.4 is 9.47 Å². The third kappa shape index (κ3) is 3.65. The molecular weight excluding hydrogens is 238 g/mol. The minimum atomic E-state index is -1.07. The molecule has 0 radical (unpaired) electrons. The van der Waals surface area contributed by atoms with Crippen LogP contribution in [0.3, 0.4) is 0 Å². The standard InChI is InChI=1S/C12H15NO5/c1-8(13-18-7-12(14)15)9-4-5-10(16-2)11(6-9)17-3/h4-6H,7H2,1-3H3,(H,14,15). The smallest absolute Gasteiger partial charge is 0.344 e. The Morgan fingerprint density at radius 1 is 1.28 bits per heavy atom. The average Bonchev–Trinajstić information content (AvgIpc) is 2.37. The summed E-state index contributed by atoms with van der Waals surface area (Å²) in [4.78, 5) is 14.9. The van der Waals surface area contributed by atoms with Crippen LogP contribution in [0.5, 0.6) is 11.5 Å². The van der Waals surface area contributed by atoms with Crippen LogP contribution in [0, 0.1) is 0 Å². The Kier molecular flexibility index (Phi) is 4.98. The predicted octanol–water partition coefficient (Wildman–Crippen LogP) is 1.53. The van der Waals surface area contributed by atoms with Gasteiger partial charge >= 0.3 is 5.97 Å². The molecule has 6 heteroatoms. The van der Waals surface area contributed by atoms with E-state index in [4.69, 9.17) is 14.6 Å². The Labute approximate surface area is 105 Å². The maximum absolute atomic E-state index is 10.3. The number of carboxylic acid groups (broad SMARTS) is 1. The van der Waals surface area contributed by atoms with E-state index in [0.717, 1.165) is 5.56 Å². The van der Waals surface area contributed by atoms with Crippen LogP contribution in [-0.4, -0.2) is 37.6 Å². The van der Waals surface area contributed by atoms with E-state index in [0.29, 0.717) is 17.2 Å². The molecule has 18 heavy (non-hydrogen) atoms. The summed E-state index contributed by atoms with van der Waals surface area (Å²) in [5.41, 5.74) is 1.32. The van der Waals surface area contributed by atoms with Gasteiger partial charge in [-0.05, 0) is 25.1 Å². The highest BCUT2D eigenvalue weighted by molar-refractivity contribution is 5.98. The van der Waals surface area contributed by atoms with Crippen molar-refractivity contribution >= 4 is 11.7 Å². The van der Waals surface area contributed by atoms with Gasteiger partial charge in [-0.2, -0.15) is 0 Å². The van der Waals surface area contributed by atoms with E-state index >= 15 is 0 Å². The fourth-order valence-electron chi connectivity index (χ4n) is 1.30. The molecule has 1 aromatic rings. The molecule has 0 unspecified atom stereocenters. The number of carboxylic acids is 1. The first-order valence-corrected chi connectivity index (χ1v) is 5.19. The lowest BCUT2D eigenvalue weighted by molar-refractivity contribution is -0.142.